The summed E-state index contributed by atoms with van der Waals surface area (Å²) in [4.78, 5) is 0. The Morgan fingerprint density at radius 2 is 1.86 bits per heavy atom. The van der Waals surface area contributed by atoms with Crippen molar-refractivity contribution >= 4 is 10.9 Å². The molecule has 1 fully saturated rings. The Morgan fingerprint density at radius 3 is 2.59 bits per heavy atom. The van der Waals surface area contributed by atoms with Gasteiger partial charge in [-0.3, -0.25) is 0 Å². The van der Waals surface area contributed by atoms with E-state index in [4.69, 9.17) is 9.47 Å². The predicted molar refractivity (Wildman–Crippen MR) is 77.3 cm³/mol. The van der Waals surface area contributed by atoms with E-state index in [1.54, 1.807) is 6.20 Å². The molecule has 120 valence electrons. The highest BCUT2D eigenvalue weighted by atomic mass is 16.7. The molecule has 0 saturated carbocycles. The van der Waals surface area contributed by atoms with E-state index in [1.165, 1.54) is 0 Å². The van der Waals surface area contributed by atoms with Gasteiger partial charge in [0.15, 0.2) is 0 Å². The maximum atomic E-state index is 10.0. The van der Waals surface area contributed by atoms with Crippen molar-refractivity contribution in [1.29, 1.82) is 0 Å². The number of hydrogen-bond donors (Lipinski definition) is 4. The van der Waals surface area contributed by atoms with Gasteiger partial charge in [-0.1, -0.05) is 12.1 Å². The molecule has 3 rings (SSSR count). The fourth-order valence-corrected chi connectivity index (χ4v) is 2.69. The normalized spacial score (nSPS) is 32.3. The summed E-state index contributed by atoms with van der Waals surface area (Å²) < 4.78 is 12.9. The van der Waals surface area contributed by atoms with E-state index in [2.05, 4.69) is 0 Å². The number of aliphatic hydroxyl groups excluding tert-OH is 4. The second-order valence-electron chi connectivity index (χ2n) is 5.44. The first-order valence-electron chi connectivity index (χ1n) is 7.04. The second-order valence-corrected chi connectivity index (χ2v) is 5.44. The van der Waals surface area contributed by atoms with Crippen LogP contribution in [0.5, 0.6) is 5.75 Å². The van der Waals surface area contributed by atoms with Crippen LogP contribution in [0.2, 0.25) is 0 Å². The van der Waals surface area contributed by atoms with Gasteiger partial charge in [0.2, 0.25) is 6.29 Å². The predicted octanol–water partition coefficient (Wildman–Crippen LogP) is -0.643. The lowest BCUT2D eigenvalue weighted by Crippen LogP contribution is -2.60. The zero-order chi connectivity index (χ0) is 15.9. The number of benzene rings is 1. The first kappa shape index (κ1) is 15.3. The van der Waals surface area contributed by atoms with Gasteiger partial charge in [-0.05, 0) is 12.1 Å². The Hall–Kier alpha value is -1.64. The highest BCUT2D eigenvalue weighted by molar-refractivity contribution is 5.86. The molecule has 0 aliphatic carbocycles. The number of para-hydroxylation sites is 1. The van der Waals surface area contributed by atoms with Gasteiger partial charge < -0.3 is 34.5 Å². The van der Waals surface area contributed by atoms with E-state index < -0.39 is 37.3 Å². The number of hydrogen-bond acceptors (Lipinski definition) is 6. The summed E-state index contributed by atoms with van der Waals surface area (Å²) in [7, 11) is 1.86. The molecular formula is C15H19NO6. The van der Waals surface area contributed by atoms with Gasteiger partial charge in [-0.25, -0.2) is 0 Å². The van der Waals surface area contributed by atoms with Crippen molar-refractivity contribution in [2.75, 3.05) is 6.61 Å². The van der Waals surface area contributed by atoms with Crippen molar-refractivity contribution in [3.05, 3.63) is 30.5 Å². The third-order valence-electron chi connectivity index (χ3n) is 3.95. The standard InChI is InChI=1S/C15H19NO6/c1-16-6-10(8-4-2-3-5-9(8)16)21-15-14(20)13(19)12(18)11(7-17)22-15/h2-6,11-15,17-20H,7H2,1H3/t11-,12-,13+,14-,15-/m1/s1. The molecule has 7 heteroatoms. The fraction of sp³-hybridized carbons (Fsp3) is 0.467. The van der Waals surface area contributed by atoms with Crippen LogP contribution in [-0.2, 0) is 11.8 Å². The van der Waals surface area contributed by atoms with Gasteiger partial charge in [0.1, 0.15) is 30.2 Å². The van der Waals surface area contributed by atoms with Crippen LogP contribution < -0.4 is 4.74 Å². The number of ether oxygens (including phenoxy) is 2. The second kappa shape index (κ2) is 5.86. The van der Waals surface area contributed by atoms with Crippen LogP contribution in [0.15, 0.2) is 30.5 Å². The molecular weight excluding hydrogens is 290 g/mol. The fourth-order valence-electron chi connectivity index (χ4n) is 2.69. The zero-order valence-electron chi connectivity index (χ0n) is 12.0. The minimum Gasteiger partial charge on any atom is -0.460 e. The first-order valence-corrected chi connectivity index (χ1v) is 7.04. The summed E-state index contributed by atoms with van der Waals surface area (Å²) in [6.07, 6.45) is -4.69. The van der Waals surface area contributed by atoms with Gasteiger partial charge in [-0.15, -0.1) is 0 Å². The third kappa shape index (κ3) is 2.47. The van der Waals surface area contributed by atoms with E-state index >= 15 is 0 Å². The number of rotatable bonds is 3. The molecule has 1 saturated heterocycles. The quantitative estimate of drug-likeness (QED) is 0.601. The molecule has 0 unspecified atom stereocenters. The van der Waals surface area contributed by atoms with E-state index in [0.717, 1.165) is 10.9 Å². The number of fused-ring (bicyclic) bond motifs is 1. The highest BCUT2D eigenvalue weighted by Crippen LogP contribution is 2.30. The lowest BCUT2D eigenvalue weighted by Gasteiger charge is -2.39. The number of aliphatic hydroxyl groups is 4. The largest absolute Gasteiger partial charge is 0.460 e. The Balaban J connectivity index is 1.87. The molecule has 0 spiro atoms. The van der Waals surface area contributed by atoms with E-state index in [0.29, 0.717) is 5.75 Å². The zero-order valence-corrected chi connectivity index (χ0v) is 12.0. The molecule has 2 aromatic rings. The first-order chi connectivity index (χ1) is 10.5. The maximum Gasteiger partial charge on any atom is 0.229 e. The Labute approximate surface area is 126 Å². The topological polar surface area (TPSA) is 104 Å². The monoisotopic (exact) mass is 309 g/mol. The average molecular weight is 309 g/mol. The molecule has 1 aromatic heterocycles. The average Bonchev–Trinajstić information content (AvgIpc) is 2.84. The summed E-state index contributed by atoms with van der Waals surface area (Å²) in [6.45, 7) is -0.486. The van der Waals surface area contributed by atoms with Crippen molar-refractivity contribution in [2.45, 2.75) is 30.7 Å². The minimum atomic E-state index is -1.45. The summed E-state index contributed by atoms with van der Waals surface area (Å²) in [5.74, 6) is 0.488. The van der Waals surface area contributed by atoms with Crippen molar-refractivity contribution in [2.24, 2.45) is 7.05 Å². The van der Waals surface area contributed by atoms with Crippen LogP contribution in [0.1, 0.15) is 0 Å². The van der Waals surface area contributed by atoms with Gasteiger partial charge in [0, 0.05) is 18.6 Å². The Bertz CT molecular complexity index is 655. The molecule has 1 aliphatic heterocycles. The van der Waals surface area contributed by atoms with E-state index in [1.807, 2.05) is 35.9 Å². The minimum absolute atomic E-state index is 0.486. The molecule has 1 aliphatic rings. The number of nitrogens with zero attached hydrogens (tertiary/aromatic N) is 1. The van der Waals surface area contributed by atoms with Gasteiger partial charge >= 0.3 is 0 Å². The molecule has 1 aromatic carbocycles. The summed E-state index contributed by atoms with van der Waals surface area (Å²) in [5, 5.41) is 39.6. The Morgan fingerprint density at radius 1 is 1.14 bits per heavy atom. The van der Waals surface area contributed by atoms with Gasteiger partial charge in [-0.2, -0.15) is 0 Å². The molecule has 0 bridgehead atoms. The SMILES string of the molecule is Cn1cc(O[C@@H]2O[C@H](CO)[C@@H](O)[C@H](O)[C@H]2O)c2ccccc21. The lowest BCUT2D eigenvalue weighted by atomic mass is 9.99. The van der Waals surface area contributed by atoms with Crippen molar-refractivity contribution < 1.29 is 29.9 Å². The van der Waals surface area contributed by atoms with Crippen LogP contribution in [0, 0.1) is 0 Å². The Kier molecular flexibility index (Phi) is 4.07. The molecule has 22 heavy (non-hydrogen) atoms. The number of aromatic nitrogens is 1. The van der Waals surface area contributed by atoms with Crippen molar-refractivity contribution in [3.8, 4) is 5.75 Å². The molecule has 4 N–H and O–H groups in total. The molecule has 7 nitrogen and oxygen atoms in total. The van der Waals surface area contributed by atoms with Crippen LogP contribution in [0.4, 0.5) is 0 Å². The number of aryl methyl sites for hydroxylation is 1. The van der Waals surface area contributed by atoms with Crippen LogP contribution in [0.3, 0.4) is 0 Å². The third-order valence-corrected chi connectivity index (χ3v) is 3.95. The van der Waals surface area contributed by atoms with Gasteiger partial charge in [0.25, 0.3) is 0 Å². The molecule has 0 amide bonds. The van der Waals surface area contributed by atoms with Crippen molar-refractivity contribution in [3.63, 3.8) is 0 Å². The lowest BCUT2D eigenvalue weighted by molar-refractivity contribution is -0.277. The molecule has 0 radical (unpaired) electrons. The van der Waals surface area contributed by atoms with Crippen LogP contribution >= 0.6 is 0 Å². The maximum absolute atomic E-state index is 10.0. The van der Waals surface area contributed by atoms with Gasteiger partial charge in [0.05, 0.1) is 12.1 Å². The summed E-state index contributed by atoms with van der Waals surface area (Å²) >= 11 is 0. The molecule has 2 heterocycles. The van der Waals surface area contributed by atoms with Crippen LogP contribution in [-0.4, -0.2) is 62.3 Å². The smallest absolute Gasteiger partial charge is 0.229 e. The molecule has 5 atom stereocenters. The highest BCUT2D eigenvalue weighted by Gasteiger charge is 2.44. The van der Waals surface area contributed by atoms with E-state index in [-0.39, 0.29) is 0 Å². The van der Waals surface area contributed by atoms with Crippen LogP contribution in [0.25, 0.3) is 10.9 Å². The summed E-state index contributed by atoms with van der Waals surface area (Å²) in [5.41, 5.74) is 0.946. The van der Waals surface area contributed by atoms with E-state index in [9.17, 15) is 20.4 Å². The van der Waals surface area contributed by atoms with Crippen molar-refractivity contribution in [1.82, 2.24) is 4.57 Å². The summed E-state index contributed by atoms with van der Waals surface area (Å²) in [6, 6.07) is 7.56.